The van der Waals surface area contributed by atoms with Crippen molar-refractivity contribution in [3.8, 4) is 0 Å². The summed E-state index contributed by atoms with van der Waals surface area (Å²) in [7, 11) is 1.90. The third-order valence-corrected chi connectivity index (χ3v) is 3.93. The summed E-state index contributed by atoms with van der Waals surface area (Å²) >= 11 is 3.61. The maximum Gasteiger partial charge on any atom is 0.227 e. The smallest absolute Gasteiger partial charge is 0.227 e. The summed E-state index contributed by atoms with van der Waals surface area (Å²) in [5, 5.41) is 3.15. The van der Waals surface area contributed by atoms with E-state index in [2.05, 4.69) is 51.9 Å². The maximum absolute atomic E-state index is 4.76. The van der Waals surface area contributed by atoms with Crippen molar-refractivity contribution in [2.24, 2.45) is 0 Å². The first kappa shape index (κ1) is 13.6. The monoisotopic (exact) mass is 312 g/mol. The van der Waals surface area contributed by atoms with Crippen LogP contribution in [0.25, 0.3) is 0 Å². The minimum Gasteiger partial charge on any atom is -0.372 e. The predicted molar refractivity (Wildman–Crippen MR) is 79.4 cm³/mol. The number of hydrogen-bond donors (Lipinski definition) is 1. The van der Waals surface area contributed by atoms with Crippen LogP contribution in [0.4, 0.5) is 11.8 Å². The molecule has 18 heavy (non-hydrogen) atoms. The fraction of sp³-hybridized carbons (Fsp3) is 0.692. The normalized spacial score (nSPS) is 16.2. The molecule has 1 aliphatic heterocycles. The van der Waals surface area contributed by atoms with Crippen molar-refractivity contribution in [1.82, 2.24) is 9.97 Å². The topological polar surface area (TPSA) is 41.1 Å². The fourth-order valence-electron chi connectivity index (χ4n) is 2.16. The Morgan fingerprint density at radius 3 is 2.28 bits per heavy atom. The van der Waals surface area contributed by atoms with E-state index >= 15 is 0 Å². The number of halogens is 1. The van der Waals surface area contributed by atoms with Crippen LogP contribution < -0.4 is 10.2 Å². The van der Waals surface area contributed by atoms with E-state index in [1.165, 1.54) is 12.8 Å². The molecule has 0 saturated carbocycles. The largest absolute Gasteiger partial charge is 0.372 e. The Bertz CT molecular complexity index is 433. The Balaban J connectivity index is 2.48. The van der Waals surface area contributed by atoms with Crippen molar-refractivity contribution in [1.29, 1.82) is 0 Å². The molecule has 1 N–H and O–H groups in total. The summed E-state index contributed by atoms with van der Waals surface area (Å²) in [6.45, 7) is 8.65. The quantitative estimate of drug-likeness (QED) is 0.910. The first-order chi connectivity index (χ1) is 8.43. The van der Waals surface area contributed by atoms with Crippen LogP contribution in [0.1, 0.15) is 39.3 Å². The third kappa shape index (κ3) is 2.60. The van der Waals surface area contributed by atoms with E-state index in [9.17, 15) is 0 Å². The second kappa shape index (κ2) is 5.03. The van der Waals surface area contributed by atoms with E-state index in [4.69, 9.17) is 4.98 Å². The standard InChI is InChI=1S/C13H21BrN4/c1-13(2,3)10-9(14)11(15-4)17-12(16-10)18-7-5-6-8-18/h5-8H2,1-4H3,(H,15,16,17). The molecule has 1 aromatic rings. The van der Waals surface area contributed by atoms with Gasteiger partial charge in [0.1, 0.15) is 5.82 Å². The van der Waals surface area contributed by atoms with Gasteiger partial charge in [0.05, 0.1) is 10.2 Å². The van der Waals surface area contributed by atoms with E-state index in [0.29, 0.717) is 0 Å². The predicted octanol–water partition coefficient (Wildman–Crippen LogP) is 3.18. The summed E-state index contributed by atoms with van der Waals surface area (Å²) in [5.41, 5.74) is 1.06. The van der Waals surface area contributed by atoms with Crippen molar-refractivity contribution >= 4 is 27.7 Å². The Morgan fingerprint density at radius 1 is 1.17 bits per heavy atom. The molecule has 1 fully saturated rings. The lowest BCUT2D eigenvalue weighted by Crippen LogP contribution is -2.24. The molecule has 0 aliphatic carbocycles. The van der Waals surface area contributed by atoms with Gasteiger partial charge in [0, 0.05) is 25.6 Å². The molecule has 2 heterocycles. The number of rotatable bonds is 2. The van der Waals surface area contributed by atoms with Crippen LogP contribution in [0, 0.1) is 0 Å². The van der Waals surface area contributed by atoms with Gasteiger partial charge in [-0.15, -0.1) is 0 Å². The zero-order valence-electron chi connectivity index (χ0n) is 11.5. The Kier molecular flexibility index (Phi) is 3.80. The fourth-order valence-corrected chi connectivity index (χ4v) is 3.13. The SMILES string of the molecule is CNc1nc(N2CCCC2)nc(C(C)(C)C)c1Br. The molecule has 0 amide bonds. The molecule has 0 aromatic carbocycles. The molecule has 1 saturated heterocycles. The van der Waals surface area contributed by atoms with E-state index < -0.39 is 0 Å². The van der Waals surface area contributed by atoms with Crippen LogP contribution in [0.5, 0.6) is 0 Å². The number of anilines is 2. The summed E-state index contributed by atoms with van der Waals surface area (Å²) < 4.78 is 0.973. The molecule has 0 unspecified atom stereocenters. The summed E-state index contributed by atoms with van der Waals surface area (Å²) in [4.78, 5) is 11.6. The van der Waals surface area contributed by atoms with Gasteiger partial charge in [-0.3, -0.25) is 0 Å². The van der Waals surface area contributed by atoms with Gasteiger partial charge in [-0.2, -0.15) is 4.98 Å². The van der Waals surface area contributed by atoms with E-state index in [1.54, 1.807) is 0 Å². The molecule has 0 bridgehead atoms. The molecule has 1 aliphatic rings. The molecular weight excluding hydrogens is 292 g/mol. The molecule has 0 radical (unpaired) electrons. The van der Waals surface area contributed by atoms with Crippen LogP contribution in [0.3, 0.4) is 0 Å². The number of hydrogen-bond acceptors (Lipinski definition) is 4. The summed E-state index contributed by atoms with van der Waals surface area (Å²) in [5.74, 6) is 1.72. The second-order valence-corrected chi connectivity index (χ2v) is 6.52. The average Bonchev–Trinajstić information content (AvgIpc) is 2.81. The molecule has 4 nitrogen and oxygen atoms in total. The van der Waals surface area contributed by atoms with Gasteiger partial charge in [-0.25, -0.2) is 4.98 Å². The Morgan fingerprint density at radius 2 is 1.78 bits per heavy atom. The van der Waals surface area contributed by atoms with Crippen molar-refractivity contribution in [2.75, 3.05) is 30.4 Å². The van der Waals surface area contributed by atoms with Crippen LogP contribution in [-0.4, -0.2) is 30.1 Å². The van der Waals surface area contributed by atoms with E-state index in [1.807, 2.05) is 7.05 Å². The molecular formula is C13H21BrN4. The van der Waals surface area contributed by atoms with Crippen LogP contribution in [0.2, 0.25) is 0 Å². The summed E-state index contributed by atoms with van der Waals surface area (Å²) in [6, 6.07) is 0. The average molecular weight is 313 g/mol. The highest BCUT2D eigenvalue weighted by molar-refractivity contribution is 9.10. The van der Waals surface area contributed by atoms with Crippen molar-refractivity contribution < 1.29 is 0 Å². The highest BCUT2D eigenvalue weighted by Gasteiger charge is 2.25. The number of nitrogens with one attached hydrogen (secondary N) is 1. The first-order valence-corrected chi connectivity index (χ1v) is 7.23. The van der Waals surface area contributed by atoms with Gasteiger partial charge in [0.2, 0.25) is 5.95 Å². The van der Waals surface area contributed by atoms with Gasteiger partial charge < -0.3 is 10.2 Å². The molecule has 5 heteroatoms. The van der Waals surface area contributed by atoms with Crippen molar-refractivity contribution in [3.05, 3.63) is 10.2 Å². The summed E-state index contributed by atoms with van der Waals surface area (Å²) in [6.07, 6.45) is 2.47. The van der Waals surface area contributed by atoms with E-state index in [0.717, 1.165) is 35.0 Å². The second-order valence-electron chi connectivity index (χ2n) is 5.73. The molecule has 0 atom stereocenters. The third-order valence-electron chi connectivity index (χ3n) is 3.18. The lowest BCUT2D eigenvalue weighted by Gasteiger charge is -2.24. The zero-order valence-corrected chi connectivity index (χ0v) is 13.1. The Labute approximate surface area is 117 Å². The minimum absolute atomic E-state index is 0.00183. The molecule has 0 spiro atoms. The Hall–Kier alpha value is -0.840. The zero-order chi connectivity index (χ0) is 13.3. The number of aromatic nitrogens is 2. The van der Waals surface area contributed by atoms with Crippen LogP contribution in [0.15, 0.2) is 4.47 Å². The van der Waals surface area contributed by atoms with Gasteiger partial charge in [-0.1, -0.05) is 20.8 Å². The highest BCUT2D eigenvalue weighted by atomic mass is 79.9. The number of nitrogens with zero attached hydrogens (tertiary/aromatic N) is 3. The maximum atomic E-state index is 4.76. The van der Waals surface area contributed by atoms with Crippen LogP contribution in [-0.2, 0) is 5.41 Å². The van der Waals surface area contributed by atoms with Gasteiger partial charge in [0.15, 0.2) is 0 Å². The molecule has 100 valence electrons. The lowest BCUT2D eigenvalue weighted by molar-refractivity contribution is 0.563. The van der Waals surface area contributed by atoms with E-state index in [-0.39, 0.29) is 5.41 Å². The minimum atomic E-state index is 0.00183. The van der Waals surface area contributed by atoms with Crippen molar-refractivity contribution in [3.63, 3.8) is 0 Å². The van der Waals surface area contributed by atoms with Gasteiger partial charge in [0.25, 0.3) is 0 Å². The van der Waals surface area contributed by atoms with Gasteiger partial charge in [-0.05, 0) is 28.8 Å². The molecule has 2 rings (SSSR count). The lowest BCUT2D eigenvalue weighted by atomic mass is 9.92. The van der Waals surface area contributed by atoms with Gasteiger partial charge >= 0.3 is 0 Å². The van der Waals surface area contributed by atoms with Crippen LogP contribution >= 0.6 is 15.9 Å². The van der Waals surface area contributed by atoms with Crippen molar-refractivity contribution in [2.45, 2.75) is 39.0 Å². The molecule has 1 aromatic heterocycles. The highest BCUT2D eigenvalue weighted by Crippen LogP contribution is 2.34. The first-order valence-electron chi connectivity index (χ1n) is 6.44.